The van der Waals surface area contributed by atoms with Gasteiger partial charge in [-0.1, -0.05) is 19.1 Å². The van der Waals surface area contributed by atoms with E-state index >= 15 is 0 Å². The highest BCUT2D eigenvalue weighted by Crippen LogP contribution is 2.20. The largest absolute Gasteiger partial charge is 0.388 e. The Bertz CT molecular complexity index is 116. The number of alkyl halides is 3. The Morgan fingerprint density at radius 3 is 2.33 bits per heavy atom. The lowest BCUT2D eigenvalue weighted by Gasteiger charge is -2.07. The molecule has 1 nitrogen and oxygen atoms in total. The van der Waals surface area contributed by atoms with Crippen LogP contribution in [0.1, 0.15) is 6.42 Å². The van der Waals surface area contributed by atoms with E-state index < -0.39 is 31.1 Å². The van der Waals surface area contributed by atoms with E-state index in [2.05, 4.69) is 18.1 Å². The molecule has 1 N–H and O–H groups in total. The first-order valence-corrected chi connectivity index (χ1v) is 9.10. The number of hydrogen-bond acceptors (Lipinski definition) is 1. The molecule has 0 aromatic carbocycles. The van der Waals surface area contributed by atoms with E-state index in [9.17, 15) is 13.2 Å². The van der Waals surface area contributed by atoms with Gasteiger partial charge in [0.15, 0.2) is 0 Å². The van der Waals surface area contributed by atoms with E-state index in [1.54, 1.807) is 0 Å². The van der Waals surface area contributed by atoms with Crippen LogP contribution in [0.4, 0.5) is 13.2 Å². The molecule has 0 bridgehead atoms. The van der Waals surface area contributed by atoms with Crippen molar-refractivity contribution < 1.29 is 13.2 Å². The summed E-state index contributed by atoms with van der Waals surface area (Å²) in [7, 11) is -1.26. The van der Waals surface area contributed by atoms with Gasteiger partial charge in [-0.2, -0.15) is 13.2 Å². The van der Waals surface area contributed by atoms with E-state index in [4.69, 9.17) is 0 Å². The van der Waals surface area contributed by atoms with Gasteiger partial charge < -0.3 is 4.98 Å². The molecular weight excluding hydrogens is 199 g/mol. The van der Waals surface area contributed by atoms with Gasteiger partial charge in [-0.15, -0.1) is 0 Å². The minimum absolute atomic E-state index is 0.387. The zero-order chi connectivity index (χ0) is 9.61. The number of rotatable bonds is 5. The molecule has 0 unspecified atom stereocenters. The van der Waals surface area contributed by atoms with Gasteiger partial charge in [0.05, 0.1) is 0 Å². The summed E-state index contributed by atoms with van der Waals surface area (Å²) >= 11 is 0. The summed E-state index contributed by atoms with van der Waals surface area (Å²) in [5.74, 6) is 0. The van der Waals surface area contributed by atoms with Crippen LogP contribution in [0.3, 0.4) is 0 Å². The molecule has 0 saturated carbocycles. The third kappa shape index (κ3) is 10.2. The van der Waals surface area contributed by atoms with Crippen LogP contribution in [0.15, 0.2) is 0 Å². The van der Waals surface area contributed by atoms with Crippen molar-refractivity contribution in [1.82, 2.24) is 4.98 Å². The summed E-state index contributed by atoms with van der Waals surface area (Å²) in [5.41, 5.74) is 0. The third-order valence-electron chi connectivity index (χ3n) is 1.44. The zero-order valence-electron chi connectivity index (χ0n) is 7.54. The highest BCUT2D eigenvalue weighted by Gasteiger charge is 2.25. The van der Waals surface area contributed by atoms with Crippen molar-refractivity contribution in [3.63, 3.8) is 0 Å². The predicted molar refractivity (Wildman–Crippen MR) is 50.9 cm³/mol. The average molecular weight is 215 g/mol. The molecule has 0 rings (SSSR count). The van der Waals surface area contributed by atoms with Crippen molar-refractivity contribution in [2.24, 2.45) is 0 Å². The van der Waals surface area contributed by atoms with Crippen LogP contribution < -0.4 is 4.98 Å². The molecular formula is C6H16F3NSi2. The second-order valence-corrected chi connectivity index (χ2v) is 7.81. The van der Waals surface area contributed by atoms with Crippen molar-refractivity contribution in [1.29, 1.82) is 0 Å². The smallest absolute Gasteiger partial charge is 0.343 e. The Hall–Kier alpha value is 0.184. The van der Waals surface area contributed by atoms with E-state index in [1.165, 1.54) is 0 Å². The lowest BCUT2D eigenvalue weighted by atomic mass is 10.5. The monoisotopic (exact) mass is 215 g/mol. The predicted octanol–water partition coefficient (Wildman–Crippen LogP) is 1.06. The standard InChI is InChI=1S/C6H16F3NSi2/c1-12(2)10-5-11-4-3-6(7,8)9/h10,12H,3-5,11H2,1-2H3. The Kier molecular flexibility index (Phi) is 5.85. The summed E-state index contributed by atoms with van der Waals surface area (Å²) in [5, 5.41) is 0. The van der Waals surface area contributed by atoms with Gasteiger partial charge in [-0.05, 0) is 6.17 Å². The van der Waals surface area contributed by atoms with Gasteiger partial charge >= 0.3 is 6.18 Å². The lowest BCUT2D eigenvalue weighted by molar-refractivity contribution is -0.130. The summed E-state index contributed by atoms with van der Waals surface area (Å²) in [6, 6.07) is 0.387. The molecule has 74 valence electrons. The summed E-state index contributed by atoms with van der Waals surface area (Å²) < 4.78 is 35.0. The molecule has 0 radical (unpaired) electrons. The maximum Gasteiger partial charge on any atom is 0.388 e. The Morgan fingerprint density at radius 2 is 1.92 bits per heavy atom. The van der Waals surface area contributed by atoms with E-state index in [1.807, 2.05) is 0 Å². The van der Waals surface area contributed by atoms with Crippen molar-refractivity contribution in [2.75, 3.05) is 6.17 Å². The molecule has 0 amide bonds. The second-order valence-electron chi connectivity index (χ2n) is 3.18. The van der Waals surface area contributed by atoms with E-state index in [0.717, 1.165) is 6.17 Å². The van der Waals surface area contributed by atoms with Crippen molar-refractivity contribution >= 4 is 18.5 Å². The number of halogens is 3. The quantitative estimate of drug-likeness (QED) is 0.534. The molecule has 0 saturated heterocycles. The van der Waals surface area contributed by atoms with Crippen molar-refractivity contribution in [3.8, 4) is 0 Å². The Balaban J connectivity index is 3.12. The molecule has 0 aromatic heterocycles. The molecule has 0 aromatic rings. The van der Waals surface area contributed by atoms with Crippen molar-refractivity contribution in [2.45, 2.75) is 31.7 Å². The van der Waals surface area contributed by atoms with Crippen LogP contribution in [0.5, 0.6) is 0 Å². The van der Waals surface area contributed by atoms with Gasteiger partial charge in [-0.3, -0.25) is 0 Å². The van der Waals surface area contributed by atoms with Crippen LogP contribution in [0, 0.1) is 0 Å². The maximum atomic E-state index is 11.7. The molecule has 0 aliphatic carbocycles. The van der Waals surface area contributed by atoms with Crippen LogP contribution in [0.25, 0.3) is 0 Å². The molecule has 0 atom stereocenters. The van der Waals surface area contributed by atoms with Crippen LogP contribution >= 0.6 is 0 Å². The topological polar surface area (TPSA) is 12.0 Å². The molecule has 6 heteroatoms. The van der Waals surface area contributed by atoms with Crippen LogP contribution in [-0.2, 0) is 0 Å². The molecule has 0 fully saturated rings. The lowest BCUT2D eigenvalue weighted by Crippen LogP contribution is -2.31. The van der Waals surface area contributed by atoms with Crippen LogP contribution in [0.2, 0.25) is 19.1 Å². The summed E-state index contributed by atoms with van der Waals surface area (Å²) in [6.07, 6.45) is -3.65. The first kappa shape index (κ1) is 12.2. The summed E-state index contributed by atoms with van der Waals surface area (Å²) in [4.78, 5) is 3.26. The molecule has 0 aliphatic rings. The van der Waals surface area contributed by atoms with Gasteiger partial charge in [0, 0.05) is 15.9 Å². The highest BCUT2D eigenvalue weighted by molar-refractivity contribution is 6.54. The minimum Gasteiger partial charge on any atom is -0.343 e. The fourth-order valence-electron chi connectivity index (χ4n) is 0.841. The first-order valence-electron chi connectivity index (χ1n) is 4.22. The Morgan fingerprint density at radius 1 is 1.33 bits per heavy atom. The van der Waals surface area contributed by atoms with Gasteiger partial charge in [0.1, 0.15) is 8.96 Å². The first-order chi connectivity index (χ1) is 5.42. The fraction of sp³-hybridized carbons (Fsp3) is 1.00. The SMILES string of the molecule is C[SiH](C)NC[SiH2]CCC(F)(F)F. The van der Waals surface area contributed by atoms with Gasteiger partial charge in [-0.25, -0.2) is 0 Å². The minimum atomic E-state index is -3.94. The van der Waals surface area contributed by atoms with E-state index in [0.29, 0.717) is 6.04 Å². The number of nitrogens with one attached hydrogen (secondary N) is 1. The molecule has 0 aliphatic heterocycles. The molecule has 12 heavy (non-hydrogen) atoms. The molecule has 0 heterocycles. The fourth-order valence-corrected chi connectivity index (χ4v) is 4.87. The second kappa shape index (κ2) is 5.77. The number of hydrogen-bond donors (Lipinski definition) is 1. The van der Waals surface area contributed by atoms with E-state index in [-0.39, 0.29) is 0 Å². The zero-order valence-corrected chi connectivity index (χ0v) is 10.1. The average Bonchev–Trinajstić information content (AvgIpc) is 1.83. The third-order valence-corrected chi connectivity index (χ3v) is 4.62. The van der Waals surface area contributed by atoms with Gasteiger partial charge in [0.2, 0.25) is 0 Å². The van der Waals surface area contributed by atoms with Crippen molar-refractivity contribution in [3.05, 3.63) is 0 Å². The summed E-state index contributed by atoms with van der Waals surface area (Å²) in [6.45, 7) is 4.27. The molecule has 0 spiro atoms. The van der Waals surface area contributed by atoms with Crippen LogP contribution in [-0.4, -0.2) is 30.8 Å². The Labute approximate surface area is 75.2 Å². The normalized spacial score (nSPS) is 13.5. The highest BCUT2D eigenvalue weighted by atomic mass is 28.3. The van der Waals surface area contributed by atoms with Gasteiger partial charge in [0.25, 0.3) is 0 Å². The maximum absolute atomic E-state index is 11.7.